The monoisotopic (exact) mass is 863 g/mol. The van der Waals surface area contributed by atoms with Crippen LogP contribution in [0.2, 0.25) is 0 Å². The molecule has 0 aromatic heterocycles. The molecule has 62 heavy (non-hydrogen) atoms. The van der Waals surface area contributed by atoms with Gasteiger partial charge >= 0.3 is 17.9 Å². The summed E-state index contributed by atoms with van der Waals surface area (Å²) in [7, 11) is 0. The molecule has 0 aromatic carbocycles. The van der Waals surface area contributed by atoms with Crippen LogP contribution in [0, 0.1) is 0 Å². The molecular formula is C56H94O6. The number of hydrogen-bond donors (Lipinski definition) is 0. The molecule has 1 unspecified atom stereocenters. The first-order valence-corrected chi connectivity index (χ1v) is 25.6. The molecular weight excluding hydrogens is 769 g/mol. The Labute approximate surface area is 382 Å². The Kier molecular flexibility index (Phi) is 47.5. The predicted molar refractivity (Wildman–Crippen MR) is 265 cm³/mol. The Morgan fingerprint density at radius 3 is 0.984 bits per heavy atom. The average molecular weight is 863 g/mol. The van der Waals surface area contributed by atoms with Crippen LogP contribution in [0.25, 0.3) is 0 Å². The predicted octanol–water partition coefficient (Wildman–Crippen LogP) is 16.8. The molecule has 0 aliphatic carbocycles. The number of esters is 3. The van der Waals surface area contributed by atoms with Crippen molar-refractivity contribution < 1.29 is 28.6 Å². The molecule has 0 saturated heterocycles. The van der Waals surface area contributed by atoms with E-state index in [-0.39, 0.29) is 31.1 Å². The molecule has 0 aliphatic rings. The highest BCUT2D eigenvalue weighted by atomic mass is 16.6. The molecule has 0 spiro atoms. The molecule has 0 rings (SSSR count). The van der Waals surface area contributed by atoms with E-state index >= 15 is 0 Å². The molecule has 0 amide bonds. The lowest BCUT2D eigenvalue weighted by Gasteiger charge is -2.18. The molecule has 0 bridgehead atoms. The maximum Gasteiger partial charge on any atom is 0.306 e. The van der Waals surface area contributed by atoms with Crippen molar-refractivity contribution in [1.82, 2.24) is 0 Å². The van der Waals surface area contributed by atoms with Gasteiger partial charge in [-0.25, -0.2) is 0 Å². The van der Waals surface area contributed by atoms with Gasteiger partial charge in [0, 0.05) is 19.3 Å². The average Bonchev–Trinajstić information content (AvgIpc) is 3.27. The van der Waals surface area contributed by atoms with Crippen LogP contribution in [0.4, 0.5) is 0 Å². The first-order chi connectivity index (χ1) is 30.5. The van der Waals surface area contributed by atoms with E-state index in [1.807, 2.05) is 0 Å². The van der Waals surface area contributed by atoms with Gasteiger partial charge in [-0.1, -0.05) is 209 Å². The van der Waals surface area contributed by atoms with Crippen LogP contribution in [0.3, 0.4) is 0 Å². The highest BCUT2D eigenvalue weighted by Crippen LogP contribution is 2.14. The van der Waals surface area contributed by atoms with Crippen molar-refractivity contribution in [2.45, 2.75) is 239 Å². The van der Waals surface area contributed by atoms with Crippen molar-refractivity contribution in [3.05, 3.63) is 85.1 Å². The highest BCUT2D eigenvalue weighted by Gasteiger charge is 2.19. The lowest BCUT2D eigenvalue weighted by atomic mass is 10.1. The van der Waals surface area contributed by atoms with Crippen LogP contribution >= 0.6 is 0 Å². The van der Waals surface area contributed by atoms with Crippen molar-refractivity contribution in [2.75, 3.05) is 13.2 Å². The SMILES string of the molecule is CC/C=C\C/C=C\C/C=C\C/C=C\CCCCCCCCC(=O)OCC(COC(=O)CCCCCCCCCCC)OC(=O)CCCCCCCC/C=C\C/C=C\C/C=C\CC. The zero-order valence-corrected chi connectivity index (χ0v) is 40.4. The third-order valence-corrected chi connectivity index (χ3v) is 10.6. The standard InChI is InChI=1S/C56H94O6/c1-4-7-10-13-16-19-21-23-25-27-28-29-31-32-34-37-40-43-46-49-55(58)61-52-53(51-60-54(57)48-45-42-39-36-18-15-12-9-6-3)62-56(59)50-47-44-41-38-35-33-30-26-24-22-20-17-14-11-8-5-2/h7-8,10-11,16-17,19-20,23-26,28-29,53H,4-6,9,12-15,18,21-22,27,30-52H2,1-3H3/b10-7-,11-8-,19-16-,20-17-,25-23-,26-24-,29-28-. The van der Waals surface area contributed by atoms with Crippen LogP contribution < -0.4 is 0 Å². The van der Waals surface area contributed by atoms with Crippen molar-refractivity contribution in [1.29, 1.82) is 0 Å². The summed E-state index contributed by atoms with van der Waals surface area (Å²) in [6, 6.07) is 0. The molecule has 0 N–H and O–H groups in total. The van der Waals surface area contributed by atoms with E-state index in [0.29, 0.717) is 19.3 Å². The van der Waals surface area contributed by atoms with Gasteiger partial charge in [-0.15, -0.1) is 0 Å². The quantitative estimate of drug-likeness (QED) is 0.0263. The van der Waals surface area contributed by atoms with Gasteiger partial charge < -0.3 is 14.2 Å². The van der Waals surface area contributed by atoms with Gasteiger partial charge in [0.1, 0.15) is 13.2 Å². The van der Waals surface area contributed by atoms with Crippen molar-refractivity contribution in [2.24, 2.45) is 0 Å². The number of hydrogen-bond acceptors (Lipinski definition) is 6. The van der Waals surface area contributed by atoms with E-state index in [4.69, 9.17) is 14.2 Å². The van der Waals surface area contributed by atoms with Crippen molar-refractivity contribution >= 4 is 17.9 Å². The Morgan fingerprint density at radius 2 is 0.629 bits per heavy atom. The molecule has 0 aliphatic heterocycles. The van der Waals surface area contributed by atoms with Crippen molar-refractivity contribution in [3.8, 4) is 0 Å². The number of allylic oxidation sites excluding steroid dienone is 14. The van der Waals surface area contributed by atoms with Gasteiger partial charge in [0.05, 0.1) is 0 Å². The van der Waals surface area contributed by atoms with Crippen molar-refractivity contribution in [3.63, 3.8) is 0 Å². The number of rotatable bonds is 45. The summed E-state index contributed by atoms with van der Waals surface area (Å²) in [6.07, 6.45) is 64.2. The number of carbonyl (C=O) groups is 3. The normalized spacial score (nSPS) is 12.8. The first-order valence-electron chi connectivity index (χ1n) is 25.6. The lowest BCUT2D eigenvalue weighted by molar-refractivity contribution is -0.167. The number of ether oxygens (including phenoxy) is 3. The fourth-order valence-corrected chi connectivity index (χ4v) is 6.86. The maximum absolute atomic E-state index is 12.8. The Balaban J connectivity index is 4.37. The van der Waals surface area contributed by atoms with E-state index < -0.39 is 6.10 Å². The second kappa shape index (κ2) is 50.2. The largest absolute Gasteiger partial charge is 0.462 e. The van der Waals surface area contributed by atoms with E-state index in [9.17, 15) is 14.4 Å². The molecule has 354 valence electrons. The van der Waals surface area contributed by atoms with E-state index in [0.717, 1.165) is 122 Å². The molecule has 6 heteroatoms. The van der Waals surface area contributed by atoms with Crippen LogP contribution in [-0.2, 0) is 28.6 Å². The lowest BCUT2D eigenvalue weighted by Crippen LogP contribution is -2.30. The molecule has 0 aromatic rings. The maximum atomic E-state index is 12.8. The molecule has 6 nitrogen and oxygen atoms in total. The first kappa shape index (κ1) is 58.6. The van der Waals surface area contributed by atoms with E-state index in [1.54, 1.807) is 0 Å². The Morgan fingerprint density at radius 1 is 0.339 bits per heavy atom. The third-order valence-electron chi connectivity index (χ3n) is 10.6. The van der Waals surface area contributed by atoms with E-state index in [2.05, 4.69) is 106 Å². The van der Waals surface area contributed by atoms with Gasteiger partial charge in [-0.05, 0) is 89.9 Å². The molecule has 0 radical (unpaired) electrons. The second-order valence-corrected chi connectivity index (χ2v) is 16.7. The zero-order valence-electron chi connectivity index (χ0n) is 40.4. The van der Waals surface area contributed by atoms with Crippen LogP contribution in [0.1, 0.15) is 233 Å². The van der Waals surface area contributed by atoms with Crippen LogP contribution in [-0.4, -0.2) is 37.2 Å². The summed E-state index contributed by atoms with van der Waals surface area (Å²) in [5.41, 5.74) is 0. The number of carbonyl (C=O) groups excluding carboxylic acids is 3. The van der Waals surface area contributed by atoms with Gasteiger partial charge in [0.2, 0.25) is 0 Å². The Bertz CT molecular complexity index is 1220. The summed E-state index contributed by atoms with van der Waals surface area (Å²) >= 11 is 0. The smallest absolute Gasteiger partial charge is 0.306 e. The minimum Gasteiger partial charge on any atom is -0.462 e. The van der Waals surface area contributed by atoms with Crippen LogP contribution in [0.5, 0.6) is 0 Å². The molecule has 0 fully saturated rings. The molecule has 1 atom stereocenters. The van der Waals surface area contributed by atoms with Gasteiger partial charge in [-0.3, -0.25) is 14.4 Å². The third kappa shape index (κ3) is 47.6. The van der Waals surface area contributed by atoms with Crippen LogP contribution in [0.15, 0.2) is 85.1 Å². The Hall–Kier alpha value is -3.41. The number of unbranched alkanes of at least 4 members (excludes halogenated alkanes) is 20. The summed E-state index contributed by atoms with van der Waals surface area (Å²) in [4.78, 5) is 37.9. The minimum absolute atomic E-state index is 0.0861. The van der Waals surface area contributed by atoms with Gasteiger partial charge in [0.25, 0.3) is 0 Å². The summed E-state index contributed by atoms with van der Waals surface area (Å²) in [5.74, 6) is -0.917. The summed E-state index contributed by atoms with van der Waals surface area (Å²) in [6.45, 7) is 6.37. The second-order valence-electron chi connectivity index (χ2n) is 16.7. The molecule has 0 heterocycles. The van der Waals surface area contributed by atoms with Gasteiger partial charge in [-0.2, -0.15) is 0 Å². The summed E-state index contributed by atoms with van der Waals surface area (Å²) < 4.78 is 16.7. The topological polar surface area (TPSA) is 78.9 Å². The fraction of sp³-hybridized carbons (Fsp3) is 0.696. The molecule has 0 saturated carbocycles. The zero-order chi connectivity index (χ0) is 45.1. The summed E-state index contributed by atoms with van der Waals surface area (Å²) in [5, 5.41) is 0. The van der Waals surface area contributed by atoms with E-state index in [1.165, 1.54) is 70.6 Å². The van der Waals surface area contributed by atoms with Gasteiger partial charge in [0.15, 0.2) is 6.10 Å². The highest BCUT2D eigenvalue weighted by molar-refractivity contribution is 5.71. The minimum atomic E-state index is -0.787. The fourth-order valence-electron chi connectivity index (χ4n) is 6.86.